The van der Waals surface area contributed by atoms with Gasteiger partial charge in [0.15, 0.2) is 0 Å². The van der Waals surface area contributed by atoms with Gasteiger partial charge in [0.2, 0.25) is 0 Å². The molecule has 0 amide bonds. The first kappa shape index (κ1) is 12.4. The lowest BCUT2D eigenvalue weighted by Crippen LogP contribution is -2.40. The van der Waals surface area contributed by atoms with Crippen LogP contribution in [0.5, 0.6) is 5.75 Å². The van der Waals surface area contributed by atoms with Crippen LogP contribution in [0.25, 0.3) is 0 Å². The Bertz CT molecular complexity index is 340. The van der Waals surface area contributed by atoms with E-state index in [0.717, 1.165) is 19.4 Å². The van der Waals surface area contributed by atoms with Gasteiger partial charge in [-0.05, 0) is 44.4 Å². The highest BCUT2D eigenvalue weighted by Gasteiger charge is 2.23. The van der Waals surface area contributed by atoms with Gasteiger partial charge in [0.1, 0.15) is 5.75 Å². The molecule has 2 rings (SSSR count). The zero-order chi connectivity index (χ0) is 12.3. The molecule has 1 aromatic carbocycles. The first-order valence-electron chi connectivity index (χ1n) is 6.30. The third-order valence-corrected chi connectivity index (χ3v) is 3.23. The van der Waals surface area contributed by atoms with Crippen molar-refractivity contribution in [3.8, 4) is 5.75 Å². The Kier molecular flexibility index (Phi) is 4.02. The topological polar surface area (TPSA) is 41.5 Å². The minimum absolute atomic E-state index is 0.321. The molecule has 1 saturated heterocycles. The maximum Gasteiger partial charge on any atom is 0.115 e. The van der Waals surface area contributed by atoms with Gasteiger partial charge in [0.25, 0.3) is 0 Å². The van der Waals surface area contributed by atoms with Crippen molar-refractivity contribution >= 4 is 0 Å². The molecule has 0 bridgehead atoms. The fraction of sp³-hybridized carbons (Fsp3) is 0.571. The van der Waals surface area contributed by atoms with Crippen molar-refractivity contribution in [2.75, 3.05) is 0 Å². The second kappa shape index (κ2) is 5.52. The quantitative estimate of drug-likeness (QED) is 0.845. The molecule has 2 N–H and O–H groups in total. The van der Waals surface area contributed by atoms with Gasteiger partial charge < -0.3 is 15.2 Å². The molecule has 0 radical (unpaired) electrons. The summed E-state index contributed by atoms with van der Waals surface area (Å²) in [5.41, 5.74) is 1.20. The minimum Gasteiger partial charge on any atom is -0.508 e. The molecule has 1 heterocycles. The van der Waals surface area contributed by atoms with Crippen LogP contribution in [0.15, 0.2) is 24.3 Å². The van der Waals surface area contributed by atoms with Crippen molar-refractivity contribution in [3.05, 3.63) is 29.8 Å². The molecule has 2 unspecified atom stereocenters. The summed E-state index contributed by atoms with van der Waals surface area (Å²) in [7, 11) is 0. The Morgan fingerprint density at radius 3 is 2.35 bits per heavy atom. The zero-order valence-corrected chi connectivity index (χ0v) is 10.5. The van der Waals surface area contributed by atoms with E-state index < -0.39 is 0 Å². The Labute approximate surface area is 103 Å². The van der Waals surface area contributed by atoms with Crippen LogP contribution in [0.2, 0.25) is 0 Å². The minimum atomic E-state index is 0.321. The molecular formula is C14H21NO2. The molecule has 1 aliphatic heterocycles. The molecule has 2 atom stereocenters. The number of aromatic hydroxyl groups is 1. The molecule has 0 spiro atoms. The van der Waals surface area contributed by atoms with E-state index >= 15 is 0 Å². The normalized spacial score (nSPS) is 29.2. The van der Waals surface area contributed by atoms with Crippen LogP contribution in [-0.2, 0) is 11.3 Å². The van der Waals surface area contributed by atoms with Gasteiger partial charge in [-0.2, -0.15) is 0 Å². The van der Waals surface area contributed by atoms with Gasteiger partial charge in [0, 0.05) is 12.6 Å². The predicted molar refractivity (Wildman–Crippen MR) is 68.0 cm³/mol. The van der Waals surface area contributed by atoms with Crippen molar-refractivity contribution < 1.29 is 9.84 Å². The lowest BCUT2D eigenvalue weighted by molar-refractivity contribution is -0.0422. The van der Waals surface area contributed by atoms with E-state index in [1.54, 1.807) is 12.1 Å². The summed E-state index contributed by atoms with van der Waals surface area (Å²) < 4.78 is 5.71. The summed E-state index contributed by atoms with van der Waals surface area (Å²) in [6.45, 7) is 5.11. The van der Waals surface area contributed by atoms with Crippen LogP contribution < -0.4 is 5.32 Å². The Morgan fingerprint density at radius 2 is 1.76 bits per heavy atom. The predicted octanol–water partition coefficient (Wildman–Crippen LogP) is 2.44. The monoisotopic (exact) mass is 235 g/mol. The van der Waals surface area contributed by atoms with E-state index in [4.69, 9.17) is 4.74 Å². The third-order valence-electron chi connectivity index (χ3n) is 3.23. The summed E-state index contributed by atoms with van der Waals surface area (Å²) >= 11 is 0. The fourth-order valence-electron chi connectivity index (χ4n) is 2.45. The zero-order valence-electron chi connectivity index (χ0n) is 10.5. The Hall–Kier alpha value is -1.06. The summed E-state index contributed by atoms with van der Waals surface area (Å²) in [6, 6.07) is 7.89. The van der Waals surface area contributed by atoms with Crippen LogP contribution in [0, 0.1) is 0 Å². The highest BCUT2D eigenvalue weighted by Crippen LogP contribution is 2.19. The first-order chi connectivity index (χ1) is 8.13. The molecule has 94 valence electrons. The van der Waals surface area contributed by atoms with E-state index in [9.17, 15) is 5.11 Å². The number of benzene rings is 1. The van der Waals surface area contributed by atoms with Crippen molar-refractivity contribution in [1.82, 2.24) is 5.32 Å². The average molecular weight is 235 g/mol. The van der Waals surface area contributed by atoms with Crippen LogP contribution in [0.4, 0.5) is 0 Å². The number of hydrogen-bond donors (Lipinski definition) is 2. The Morgan fingerprint density at radius 1 is 1.18 bits per heavy atom. The van der Waals surface area contributed by atoms with E-state index in [1.807, 2.05) is 12.1 Å². The molecule has 3 nitrogen and oxygen atoms in total. The van der Waals surface area contributed by atoms with Crippen LogP contribution >= 0.6 is 0 Å². The van der Waals surface area contributed by atoms with Crippen LogP contribution in [0.3, 0.4) is 0 Å². The number of phenolic OH excluding ortho intramolecular Hbond substituents is 1. The molecule has 0 aromatic heterocycles. The standard InChI is InChI=1S/C14H21NO2/c1-10-7-13(8-11(2)17-10)15-9-12-3-5-14(16)6-4-12/h3-6,10-11,13,15-16H,7-9H2,1-2H3. The molecule has 3 heteroatoms. The van der Waals surface area contributed by atoms with Gasteiger partial charge in [-0.25, -0.2) is 0 Å². The lowest BCUT2D eigenvalue weighted by atomic mass is 9.99. The van der Waals surface area contributed by atoms with Gasteiger partial charge >= 0.3 is 0 Å². The van der Waals surface area contributed by atoms with Crippen molar-refractivity contribution in [1.29, 1.82) is 0 Å². The lowest BCUT2D eigenvalue weighted by Gasteiger charge is -2.32. The number of hydrogen-bond acceptors (Lipinski definition) is 3. The Balaban J connectivity index is 1.83. The molecule has 1 aliphatic rings. The van der Waals surface area contributed by atoms with E-state index in [-0.39, 0.29) is 0 Å². The molecule has 1 fully saturated rings. The smallest absolute Gasteiger partial charge is 0.115 e. The summed E-state index contributed by atoms with van der Waals surface area (Å²) in [5, 5.41) is 12.8. The maximum absolute atomic E-state index is 9.21. The van der Waals surface area contributed by atoms with Gasteiger partial charge in [-0.1, -0.05) is 12.1 Å². The van der Waals surface area contributed by atoms with Crippen LogP contribution in [-0.4, -0.2) is 23.4 Å². The largest absolute Gasteiger partial charge is 0.508 e. The van der Waals surface area contributed by atoms with Gasteiger partial charge in [-0.15, -0.1) is 0 Å². The summed E-state index contributed by atoms with van der Waals surface area (Å²) in [5.74, 6) is 0.321. The number of nitrogens with one attached hydrogen (secondary N) is 1. The fourth-order valence-corrected chi connectivity index (χ4v) is 2.45. The average Bonchev–Trinajstić information content (AvgIpc) is 2.27. The highest BCUT2D eigenvalue weighted by atomic mass is 16.5. The SMILES string of the molecule is CC1CC(NCc2ccc(O)cc2)CC(C)O1. The molecule has 0 aliphatic carbocycles. The maximum atomic E-state index is 9.21. The number of rotatable bonds is 3. The summed E-state index contributed by atoms with van der Waals surface area (Å²) in [6.07, 6.45) is 2.83. The highest BCUT2D eigenvalue weighted by molar-refractivity contribution is 5.25. The number of phenols is 1. The van der Waals surface area contributed by atoms with Crippen molar-refractivity contribution in [2.24, 2.45) is 0 Å². The van der Waals surface area contributed by atoms with Crippen molar-refractivity contribution in [2.45, 2.75) is 51.5 Å². The second-order valence-corrected chi connectivity index (χ2v) is 4.97. The molecule has 17 heavy (non-hydrogen) atoms. The first-order valence-corrected chi connectivity index (χ1v) is 6.30. The number of ether oxygens (including phenoxy) is 1. The van der Waals surface area contributed by atoms with Crippen LogP contribution in [0.1, 0.15) is 32.3 Å². The molecular weight excluding hydrogens is 214 g/mol. The summed E-state index contributed by atoms with van der Waals surface area (Å²) in [4.78, 5) is 0. The third kappa shape index (κ3) is 3.72. The molecule has 1 aromatic rings. The van der Waals surface area contributed by atoms with E-state index in [0.29, 0.717) is 24.0 Å². The van der Waals surface area contributed by atoms with E-state index in [1.165, 1.54) is 5.56 Å². The second-order valence-electron chi connectivity index (χ2n) is 4.97. The van der Waals surface area contributed by atoms with Crippen molar-refractivity contribution in [3.63, 3.8) is 0 Å². The van der Waals surface area contributed by atoms with Gasteiger partial charge in [0.05, 0.1) is 12.2 Å². The van der Waals surface area contributed by atoms with E-state index in [2.05, 4.69) is 19.2 Å². The molecule has 0 saturated carbocycles. The van der Waals surface area contributed by atoms with Gasteiger partial charge in [-0.3, -0.25) is 0 Å².